The molecule has 5 heterocycles. The molecule has 5 rings (SSSR count). The number of ketones is 2. The summed E-state index contributed by atoms with van der Waals surface area (Å²) in [7, 11) is 3.72. The zero-order chi connectivity index (χ0) is 42.7. The number of esters is 1. The van der Waals surface area contributed by atoms with Crippen molar-refractivity contribution in [3.05, 3.63) is 29.4 Å². The molecule has 3 fully saturated rings. The molecule has 13 atom stereocenters. The molecule has 3 aliphatic heterocycles. The number of carbonyl (C=O) groups is 3. The Labute approximate surface area is 344 Å². The zero-order valence-corrected chi connectivity index (χ0v) is 36.1. The number of nitrogens with zero attached hydrogens (tertiary/aromatic N) is 4. The van der Waals surface area contributed by atoms with Gasteiger partial charge in [0, 0.05) is 40.9 Å². The number of oxime groups is 1. The number of thiazole rings is 1. The van der Waals surface area contributed by atoms with E-state index in [1.165, 1.54) is 25.2 Å². The maximum absolute atomic E-state index is 14.4. The summed E-state index contributed by atoms with van der Waals surface area (Å²) in [6.07, 6.45) is -3.66. The van der Waals surface area contributed by atoms with Gasteiger partial charge in [-0.1, -0.05) is 32.9 Å². The molecule has 3 saturated heterocycles. The minimum absolute atomic E-state index is 0.0146. The quantitative estimate of drug-likeness (QED) is 0.196. The maximum atomic E-state index is 14.4. The van der Waals surface area contributed by atoms with Gasteiger partial charge in [0.25, 0.3) is 0 Å². The Hall–Kier alpha value is -3.42. The molecule has 322 valence electrons. The molecule has 0 amide bonds. The number of aliphatic hydroxyl groups is 2. The molecule has 2 aromatic rings. The van der Waals surface area contributed by atoms with Gasteiger partial charge in [-0.25, -0.2) is 4.98 Å². The topological polar surface area (TPSA) is 214 Å². The molecular formula is C41H61N5O11S. The Morgan fingerprint density at radius 1 is 1.07 bits per heavy atom. The number of ether oxygens (including phenoxy) is 5. The summed E-state index contributed by atoms with van der Waals surface area (Å²) in [6, 6.07) is 3.32. The summed E-state index contributed by atoms with van der Waals surface area (Å²) < 4.78 is 31.9. The first-order valence-electron chi connectivity index (χ1n) is 20.0. The first kappa shape index (κ1) is 45.7. The van der Waals surface area contributed by atoms with Crippen LogP contribution in [0.2, 0.25) is 0 Å². The minimum Gasteiger partial charge on any atom is -0.459 e. The van der Waals surface area contributed by atoms with Crippen LogP contribution >= 0.6 is 11.3 Å². The Kier molecular flexibility index (Phi) is 14.9. The van der Waals surface area contributed by atoms with Crippen LogP contribution in [0.3, 0.4) is 0 Å². The molecule has 0 aliphatic carbocycles. The Morgan fingerprint density at radius 3 is 2.41 bits per heavy atom. The van der Waals surface area contributed by atoms with Crippen molar-refractivity contribution in [1.29, 1.82) is 0 Å². The average Bonchev–Trinajstić information content (AvgIpc) is 3.62. The second-order valence-corrected chi connectivity index (χ2v) is 17.6. The van der Waals surface area contributed by atoms with Gasteiger partial charge in [-0.05, 0) is 73.2 Å². The number of fused-ring (bicyclic) bond motifs is 5. The summed E-state index contributed by atoms with van der Waals surface area (Å²) >= 11 is 1.41. The predicted molar refractivity (Wildman–Crippen MR) is 215 cm³/mol. The predicted octanol–water partition coefficient (Wildman–Crippen LogP) is 3.80. The van der Waals surface area contributed by atoms with E-state index in [9.17, 15) is 24.6 Å². The number of Topliss-reactive ketones (excluding diaryl/α,β-unsaturated/α-hetero) is 2. The Balaban J connectivity index is 1.57. The van der Waals surface area contributed by atoms with E-state index in [0.717, 1.165) is 10.6 Å². The first-order valence-corrected chi connectivity index (χ1v) is 20.9. The summed E-state index contributed by atoms with van der Waals surface area (Å²) in [5.41, 5.74) is 4.12. The molecule has 4 N–H and O–H groups in total. The number of anilines is 1. The maximum Gasteiger partial charge on any atom is 0.316 e. The van der Waals surface area contributed by atoms with Crippen LogP contribution < -0.4 is 5.73 Å². The van der Waals surface area contributed by atoms with Crippen molar-refractivity contribution in [2.45, 2.75) is 135 Å². The van der Waals surface area contributed by atoms with Crippen LogP contribution in [0.25, 0.3) is 10.6 Å². The van der Waals surface area contributed by atoms with Crippen LogP contribution in [0.4, 0.5) is 5.82 Å². The van der Waals surface area contributed by atoms with Gasteiger partial charge in [-0.3, -0.25) is 19.4 Å². The molecule has 0 aromatic carbocycles. The van der Waals surface area contributed by atoms with E-state index in [0.29, 0.717) is 17.9 Å². The average molecular weight is 832 g/mol. The van der Waals surface area contributed by atoms with Crippen molar-refractivity contribution in [3.8, 4) is 10.6 Å². The van der Waals surface area contributed by atoms with Crippen molar-refractivity contribution in [1.82, 2.24) is 14.9 Å². The van der Waals surface area contributed by atoms with E-state index < -0.39 is 77.3 Å². The second-order valence-electron chi connectivity index (χ2n) is 16.8. The monoisotopic (exact) mass is 831 g/mol. The number of aliphatic hydroxyl groups excluding tert-OH is 1. The van der Waals surface area contributed by atoms with Crippen molar-refractivity contribution < 1.29 is 53.1 Å². The number of likely N-dealkylation sites (N-methyl/N-ethyl adjacent to an activating group) is 1. The first-order chi connectivity index (χ1) is 27.3. The van der Waals surface area contributed by atoms with Crippen LogP contribution in [0, 0.1) is 23.7 Å². The van der Waals surface area contributed by atoms with Gasteiger partial charge in [-0.15, -0.1) is 11.3 Å². The molecule has 58 heavy (non-hydrogen) atoms. The summed E-state index contributed by atoms with van der Waals surface area (Å²) in [5.74, 6) is -5.07. The van der Waals surface area contributed by atoms with Crippen molar-refractivity contribution in [2.75, 3.05) is 33.0 Å². The highest BCUT2D eigenvalue weighted by atomic mass is 32.1. The normalized spacial score (nSPS) is 37.8. The lowest BCUT2D eigenvalue weighted by atomic mass is 9.74. The van der Waals surface area contributed by atoms with Crippen LogP contribution in [-0.2, 0) is 49.5 Å². The van der Waals surface area contributed by atoms with Gasteiger partial charge in [0.1, 0.15) is 46.0 Å². The van der Waals surface area contributed by atoms with Crippen LogP contribution in [-0.4, -0.2) is 130 Å². The molecular weight excluding hydrogens is 771 g/mol. The molecule has 16 nitrogen and oxygen atoms in total. The van der Waals surface area contributed by atoms with Crippen molar-refractivity contribution in [3.63, 3.8) is 0 Å². The Bertz CT molecular complexity index is 1770. The lowest BCUT2D eigenvalue weighted by molar-refractivity contribution is -0.296. The molecule has 2 bridgehead atoms. The molecule has 0 radical (unpaired) electrons. The highest BCUT2D eigenvalue weighted by Gasteiger charge is 2.53. The van der Waals surface area contributed by atoms with Crippen molar-refractivity contribution >= 4 is 40.4 Å². The number of hydrogen-bond donors (Lipinski definition) is 3. The number of cyclic esters (lactones) is 1. The van der Waals surface area contributed by atoms with E-state index in [4.69, 9.17) is 34.3 Å². The minimum atomic E-state index is -1.88. The SMILES string of the molecule is CC[C@H]1OC(=O)[C@H](C)C(=O)[C@H](C)[C@@H](O[C@@H]2O[C@H](C)C[C@H](N(C)C)[C@H]2O)[C@@]2(C)CC(C)C(=O)[C@H](C)[C@H](OC/C(=N\OCc3ccc(-c4nc(N)cs4)cn3)CO2)[C@]1(C)O. The third-order valence-electron chi connectivity index (χ3n) is 11.8. The lowest BCUT2D eigenvalue weighted by Gasteiger charge is -2.47. The van der Waals surface area contributed by atoms with Crippen LogP contribution in [0.15, 0.2) is 28.9 Å². The van der Waals surface area contributed by atoms with Gasteiger partial charge in [0.2, 0.25) is 0 Å². The molecule has 2 aromatic heterocycles. The Morgan fingerprint density at radius 2 is 1.79 bits per heavy atom. The van der Waals surface area contributed by atoms with E-state index in [1.807, 2.05) is 32.0 Å². The van der Waals surface area contributed by atoms with Gasteiger partial charge in [-0.2, -0.15) is 0 Å². The van der Waals surface area contributed by atoms with E-state index in [2.05, 4.69) is 15.1 Å². The number of rotatable bonds is 8. The lowest BCUT2D eigenvalue weighted by Crippen LogP contribution is -2.60. The van der Waals surface area contributed by atoms with Gasteiger partial charge in [0.15, 0.2) is 18.7 Å². The highest BCUT2D eigenvalue weighted by molar-refractivity contribution is 7.13. The molecule has 3 aliphatic rings. The fourth-order valence-corrected chi connectivity index (χ4v) is 9.15. The summed E-state index contributed by atoms with van der Waals surface area (Å²) in [6.45, 7) is 12.9. The number of nitrogen functional groups attached to an aromatic ring is 1. The number of hydrogen-bond acceptors (Lipinski definition) is 17. The van der Waals surface area contributed by atoms with Gasteiger partial charge < -0.3 is 49.4 Å². The molecule has 0 saturated carbocycles. The smallest absolute Gasteiger partial charge is 0.316 e. The number of nitrogens with two attached hydrogens (primary N) is 1. The van der Waals surface area contributed by atoms with Gasteiger partial charge in [0.05, 0.1) is 42.8 Å². The van der Waals surface area contributed by atoms with E-state index in [-0.39, 0.29) is 56.3 Å². The molecule has 1 unspecified atom stereocenters. The number of carbonyl (C=O) groups excluding carboxylic acids is 3. The molecule has 0 spiro atoms. The largest absolute Gasteiger partial charge is 0.459 e. The van der Waals surface area contributed by atoms with E-state index >= 15 is 0 Å². The van der Waals surface area contributed by atoms with Crippen LogP contribution in [0.1, 0.15) is 80.3 Å². The van der Waals surface area contributed by atoms with Crippen molar-refractivity contribution in [2.24, 2.45) is 28.8 Å². The van der Waals surface area contributed by atoms with Gasteiger partial charge >= 0.3 is 5.97 Å². The molecule has 17 heteroatoms. The number of pyridine rings is 1. The zero-order valence-electron chi connectivity index (χ0n) is 35.2. The second kappa shape index (κ2) is 18.9. The fourth-order valence-electron chi connectivity index (χ4n) is 8.45. The third kappa shape index (κ3) is 10.1. The number of aromatic nitrogens is 2. The third-order valence-corrected chi connectivity index (χ3v) is 12.7. The fraction of sp³-hybridized carbons (Fsp3) is 0.707. The van der Waals surface area contributed by atoms with Crippen LogP contribution in [0.5, 0.6) is 0 Å². The standard InChI is InChI=1S/C41H61N5O11S/c1-11-30-41(8,51)36-23(4)32(47)21(2)15-40(7,53-18-28(17-52-36)45-54-19-27-13-12-26(16-43-27)37-44-31(42)20-58-37)35(24(5)33(48)25(6)38(50)56-30)57-39-34(49)29(46(9)10)14-22(3)55-39/h12-13,16,20-25,29-30,34-36,39,49,51H,11,14-15,17-19,42H2,1-10H3/b45-28+/t21?,22-,23+,24+,25-,29+,30-,34-,35-,36+,39+,40-,41-/m1/s1. The highest BCUT2D eigenvalue weighted by Crippen LogP contribution is 2.40. The summed E-state index contributed by atoms with van der Waals surface area (Å²) in [5, 5.41) is 30.7. The van der Waals surface area contributed by atoms with E-state index in [1.54, 1.807) is 52.3 Å². The summed E-state index contributed by atoms with van der Waals surface area (Å²) in [4.78, 5) is 59.0.